The van der Waals surface area contributed by atoms with Crippen LogP contribution in [0.5, 0.6) is 5.75 Å². The van der Waals surface area contributed by atoms with Crippen molar-refractivity contribution < 1.29 is 14.6 Å². The number of carbonyl (C=O) groups is 1. The van der Waals surface area contributed by atoms with Crippen molar-refractivity contribution in [3.63, 3.8) is 0 Å². The van der Waals surface area contributed by atoms with Crippen molar-refractivity contribution in [2.75, 3.05) is 25.5 Å². The number of benzene rings is 1. The summed E-state index contributed by atoms with van der Waals surface area (Å²) in [5.41, 5.74) is 6.22. The largest absolute Gasteiger partial charge is 0.491 e. The lowest BCUT2D eigenvalue weighted by Gasteiger charge is -2.26. The molecule has 0 aliphatic heterocycles. The number of para-hydroxylation sites is 2. The van der Waals surface area contributed by atoms with Crippen LogP contribution in [0, 0.1) is 5.41 Å². The fourth-order valence-corrected chi connectivity index (χ4v) is 2.76. The van der Waals surface area contributed by atoms with E-state index in [9.17, 15) is 9.90 Å². The van der Waals surface area contributed by atoms with E-state index in [0.29, 0.717) is 24.6 Å². The first-order chi connectivity index (χ1) is 10.2. The maximum absolute atomic E-state index is 11.8. The van der Waals surface area contributed by atoms with E-state index in [1.165, 1.54) is 0 Å². The van der Waals surface area contributed by atoms with E-state index in [4.69, 9.17) is 10.5 Å². The molecular formula is C16H24N2O3. The smallest absolute Gasteiger partial charge is 0.223 e. The summed E-state index contributed by atoms with van der Waals surface area (Å²) in [7, 11) is 0. The quantitative estimate of drug-likeness (QED) is 0.668. The first kappa shape index (κ1) is 15.6. The number of aliphatic hydroxyl groups excluding tert-OH is 1. The normalized spacial score (nSPS) is 16.6. The Morgan fingerprint density at radius 1 is 1.33 bits per heavy atom. The van der Waals surface area contributed by atoms with E-state index in [1.807, 2.05) is 12.1 Å². The fourth-order valence-electron chi connectivity index (χ4n) is 2.76. The summed E-state index contributed by atoms with van der Waals surface area (Å²) in [6.45, 7) is 0.992. The number of carbonyl (C=O) groups excluding carboxylic acids is 1. The number of nitrogens with two attached hydrogens (primary N) is 1. The Bertz CT molecular complexity index is 470. The van der Waals surface area contributed by atoms with Gasteiger partial charge in [0.25, 0.3) is 0 Å². The third-order valence-corrected chi connectivity index (χ3v) is 4.17. The number of hydrogen-bond donors (Lipinski definition) is 3. The molecule has 5 nitrogen and oxygen atoms in total. The van der Waals surface area contributed by atoms with Gasteiger partial charge in [0.15, 0.2) is 0 Å². The van der Waals surface area contributed by atoms with E-state index in [0.717, 1.165) is 25.7 Å². The number of hydrogen-bond acceptors (Lipinski definition) is 4. The maximum atomic E-state index is 11.8. The zero-order valence-electron chi connectivity index (χ0n) is 12.3. The number of aliphatic hydroxyl groups is 1. The number of anilines is 1. The van der Waals surface area contributed by atoms with Gasteiger partial charge in [-0.2, -0.15) is 0 Å². The lowest BCUT2D eigenvalue weighted by atomic mass is 9.87. The van der Waals surface area contributed by atoms with Gasteiger partial charge in [-0.1, -0.05) is 25.0 Å². The van der Waals surface area contributed by atoms with Gasteiger partial charge in [-0.15, -0.1) is 0 Å². The Hall–Kier alpha value is -1.75. The molecule has 1 aromatic carbocycles. The van der Waals surface area contributed by atoms with Crippen molar-refractivity contribution in [1.29, 1.82) is 0 Å². The number of nitrogen functional groups attached to an aromatic ring is 1. The monoisotopic (exact) mass is 292 g/mol. The van der Waals surface area contributed by atoms with Gasteiger partial charge in [0.05, 0.1) is 25.3 Å². The van der Waals surface area contributed by atoms with Gasteiger partial charge in [-0.25, -0.2) is 0 Å². The SMILES string of the molecule is Nc1ccccc1OCCC(=O)NCC1(CO)CCCC1. The molecular weight excluding hydrogens is 268 g/mol. The molecule has 4 N–H and O–H groups in total. The average Bonchev–Trinajstić information content (AvgIpc) is 2.97. The van der Waals surface area contributed by atoms with Crippen LogP contribution in [0.1, 0.15) is 32.1 Å². The summed E-state index contributed by atoms with van der Waals surface area (Å²) in [4.78, 5) is 11.8. The van der Waals surface area contributed by atoms with Crippen LogP contribution < -0.4 is 15.8 Å². The minimum atomic E-state index is -0.111. The molecule has 0 heterocycles. The molecule has 1 fully saturated rings. The minimum Gasteiger partial charge on any atom is -0.491 e. The van der Waals surface area contributed by atoms with Crippen molar-refractivity contribution in [2.24, 2.45) is 5.41 Å². The summed E-state index contributed by atoms with van der Waals surface area (Å²) < 4.78 is 5.50. The Balaban J connectivity index is 1.69. The predicted molar refractivity (Wildman–Crippen MR) is 82.0 cm³/mol. The van der Waals surface area contributed by atoms with Gasteiger partial charge in [0, 0.05) is 12.0 Å². The summed E-state index contributed by atoms with van der Waals surface area (Å²) in [6, 6.07) is 7.23. The molecule has 0 saturated heterocycles. The Morgan fingerprint density at radius 2 is 2.05 bits per heavy atom. The second-order valence-electron chi connectivity index (χ2n) is 5.78. The van der Waals surface area contributed by atoms with Crippen molar-refractivity contribution in [2.45, 2.75) is 32.1 Å². The highest BCUT2D eigenvalue weighted by Crippen LogP contribution is 2.36. The van der Waals surface area contributed by atoms with Gasteiger partial charge < -0.3 is 20.9 Å². The van der Waals surface area contributed by atoms with E-state index in [1.54, 1.807) is 12.1 Å². The molecule has 0 bridgehead atoms. The minimum absolute atomic E-state index is 0.0516. The van der Waals surface area contributed by atoms with Crippen LogP contribution >= 0.6 is 0 Å². The van der Waals surface area contributed by atoms with E-state index >= 15 is 0 Å². The first-order valence-electron chi connectivity index (χ1n) is 7.50. The summed E-state index contributed by atoms with van der Waals surface area (Å²) in [6.07, 6.45) is 4.52. The van der Waals surface area contributed by atoms with E-state index in [2.05, 4.69) is 5.32 Å². The Kier molecular flexibility index (Phi) is 5.44. The number of rotatable bonds is 7. The predicted octanol–water partition coefficient (Wildman–Crippen LogP) is 1.71. The number of nitrogens with one attached hydrogen (secondary N) is 1. The molecule has 0 spiro atoms. The van der Waals surface area contributed by atoms with Crippen molar-refractivity contribution >= 4 is 11.6 Å². The molecule has 116 valence electrons. The lowest BCUT2D eigenvalue weighted by molar-refractivity contribution is -0.122. The molecule has 1 aliphatic carbocycles. The topological polar surface area (TPSA) is 84.6 Å². The third-order valence-electron chi connectivity index (χ3n) is 4.17. The Labute approximate surface area is 125 Å². The van der Waals surface area contributed by atoms with Crippen molar-refractivity contribution in [3.05, 3.63) is 24.3 Å². The van der Waals surface area contributed by atoms with Crippen molar-refractivity contribution in [3.8, 4) is 5.75 Å². The summed E-state index contributed by atoms with van der Waals surface area (Å²) in [5, 5.41) is 12.4. The van der Waals surface area contributed by atoms with Crippen LogP contribution in [-0.4, -0.2) is 30.8 Å². The zero-order valence-corrected chi connectivity index (χ0v) is 12.3. The molecule has 21 heavy (non-hydrogen) atoms. The molecule has 0 atom stereocenters. The first-order valence-corrected chi connectivity index (χ1v) is 7.50. The van der Waals surface area contributed by atoms with Gasteiger partial charge >= 0.3 is 0 Å². The van der Waals surface area contributed by atoms with Gasteiger partial charge in [0.2, 0.25) is 5.91 Å². The molecule has 0 aromatic heterocycles. The molecule has 1 aliphatic rings. The second-order valence-corrected chi connectivity index (χ2v) is 5.78. The van der Waals surface area contributed by atoms with Gasteiger partial charge in [-0.05, 0) is 25.0 Å². The zero-order chi connectivity index (χ0) is 15.1. The number of amides is 1. The Morgan fingerprint density at radius 3 is 2.71 bits per heavy atom. The van der Waals surface area contributed by atoms with Crippen LogP contribution in [0.2, 0.25) is 0 Å². The molecule has 0 radical (unpaired) electrons. The molecule has 1 aromatic rings. The second kappa shape index (κ2) is 7.31. The fraction of sp³-hybridized carbons (Fsp3) is 0.562. The maximum Gasteiger partial charge on any atom is 0.223 e. The summed E-state index contributed by atoms with van der Waals surface area (Å²) in [5.74, 6) is 0.553. The van der Waals surface area contributed by atoms with Gasteiger partial charge in [0.1, 0.15) is 5.75 Å². The van der Waals surface area contributed by atoms with E-state index in [-0.39, 0.29) is 24.3 Å². The standard InChI is InChI=1S/C16H24N2O3/c17-13-5-1-2-6-14(13)21-10-7-15(20)18-11-16(12-19)8-3-4-9-16/h1-2,5-6,19H,3-4,7-12,17H2,(H,18,20). The van der Waals surface area contributed by atoms with Crippen LogP contribution in [0.25, 0.3) is 0 Å². The van der Waals surface area contributed by atoms with Crippen molar-refractivity contribution in [1.82, 2.24) is 5.32 Å². The average molecular weight is 292 g/mol. The molecule has 2 rings (SSSR count). The third kappa shape index (κ3) is 4.36. The highest BCUT2D eigenvalue weighted by atomic mass is 16.5. The molecule has 0 unspecified atom stereocenters. The lowest BCUT2D eigenvalue weighted by Crippen LogP contribution is -2.38. The van der Waals surface area contributed by atoms with Crippen LogP contribution in [0.3, 0.4) is 0 Å². The van der Waals surface area contributed by atoms with Crippen LogP contribution in [0.15, 0.2) is 24.3 Å². The summed E-state index contributed by atoms with van der Waals surface area (Å²) >= 11 is 0. The molecule has 1 amide bonds. The number of ether oxygens (including phenoxy) is 1. The van der Waals surface area contributed by atoms with Crippen LogP contribution in [-0.2, 0) is 4.79 Å². The van der Waals surface area contributed by atoms with Gasteiger partial charge in [-0.3, -0.25) is 4.79 Å². The van der Waals surface area contributed by atoms with E-state index < -0.39 is 0 Å². The highest BCUT2D eigenvalue weighted by Gasteiger charge is 2.33. The highest BCUT2D eigenvalue weighted by molar-refractivity contribution is 5.76. The molecule has 5 heteroatoms. The molecule has 1 saturated carbocycles. The van der Waals surface area contributed by atoms with Crippen LogP contribution in [0.4, 0.5) is 5.69 Å².